The standard InChI is InChI=1S/C14H20N2O4/c1-3-19-9-5-8-15-14(18)16-12-6-4-7-13(10-12)20-11(2)17/h4,6-7,10H,3,5,8-9H2,1-2H3,(H2,15,16,18). The van der Waals surface area contributed by atoms with E-state index in [1.54, 1.807) is 24.3 Å². The lowest BCUT2D eigenvalue weighted by Gasteiger charge is -2.09. The first-order valence-electron chi connectivity index (χ1n) is 6.53. The summed E-state index contributed by atoms with van der Waals surface area (Å²) in [6.45, 7) is 5.09. The topological polar surface area (TPSA) is 76.7 Å². The molecule has 110 valence electrons. The molecule has 0 aliphatic rings. The van der Waals surface area contributed by atoms with Crippen LogP contribution >= 0.6 is 0 Å². The van der Waals surface area contributed by atoms with Gasteiger partial charge in [-0.15, -0.1) is 0 Å². The number of hydrogen-bond donors (Lipinski definition) is 2. The minimum absolute atomic E-state index is 0.304. The van der Waals surface area contributed by atoms with E-state index in [2.05, 4.69) is 10.6 Å². The second-order valence-electron chi connectivity index (χ2n) is 4.05. The predicted octanol–water partition coefficient (Wildman–Crippen LogP) is 2.16. The number of urea groups is 1. The number of anilines is 1. The van der Waals surface area contributed by atoms with Gasteiger partial charge in [-0.25, -0.2) is 4.79 Å². The van der Waals surface area contributed by atoms with Gasteiger partial charge in [-0.1, -0.05) is 6.07 Å². The molecule has 2 N–H and O–H groups in total. The Balaban J connectivity index is 2.36. The number of ether oxygens (including phenoxy) is 2. The van der Waals surface area contributed by atoms with Gasteiger partial charge in [-0.3, -0.25) is 4.79 Å². The molecule has 1 aromatic carbocycles. The van der Waals surface area contributed by atoms with E-state index in [0.29, 0.717) is 31.2 Å². The second kappa shape index (κ2) is 8.92. The molecule has 0 aliphatic heterocycles. The highest BCUT2D eigenvalue weighted by Crippen LogP contribution is 2.17. The summed E-state index contributed by atoms with van der Waals surface area (Å²) >= 11 is 0. The Morgan fingerprint density at radius 3 is 2.80 bits per heavy atom. The van der Waals surface area contributed by atoms with Crippen molar-refractivity contribution >= 4 is 17.7 Å². The number of benzene rings is 1. The Morgan fingerprint density at radius 2 is 2.10 bits per heavy atom. The molecule has 0 aliphatic carbocycles. The number of esters is 1. The number of hydrogen-bond acceptors (Lipinski definition) is 4. The lowest BCUT2D eigenvalue weighted by atomic mass is 10.3. The molecule has 0 radical (unpaired) electrons. The highest BCUT2D eigenvalue weighted by atomic mass is 16.5. The van der Waals surface area contributed by atoms with Crippen LogP contribution in [0.1, 0.15) is 20.3 Å². The molecule has 1 aromatic rings. The second-order valence-corrected chi connectivity index (χ2v) is 4.05. The lowest BCUT2D eigenvalue weighted by Crippen LogP contribution is -2.30. The van der Waals surface area contributed by atoms with Gasteiger partial charge in [0.1, 0.15) is 5.75 Å². The molecular weight excluding hydrogens is 260 g/mol. The first kappa shape index (κ1) is 16.0. The molecule has 0 fully saturated rings. The van der Waals surface area contributed by atoms with Gasteiger partial charge in [0.2, 0.25) is 0 Å². The van der Waals surface area contributed by atoms with Crippen molar-refractivity contribution in [2.75, 3.05) is 25.1 Å². The average Bonchev–Trinajstić information content (AvgIpc) is 2.38. The third kappa shape index (κ3) is 6.75. The summed E-state index contributed by atoms with van der Waals surface area (Å²) in [6.07, 6.45) is 0.759. The van der Waals surface area contributed by atoms with Gasteiger partial charge in [-0.05, 0) is 25.5 Å². The van der Waals surface area contributed by atoms with Gasteiger partial charge in [-0.2, -0.15) is 0 Å². The van der Waals surface area contributed by atoms with E-state index in [-0.39, 0.29) is 6.03 Å². The molecule has 6 nitrogen and oxygen atoms in total. The largest absolute Gasteiger partial charge is 0.427 e. The number of carbonyl (C=O) groups excluding carboxylic acids is 2. The van der Waals surface area contributed by atoms with E-state index < -0.39 is 5.97 Å². The minimum Gasteiger partial charge on any atom is -0.427 e. The Morgan fingerprint density at radius 1 is 1.30 bits per heavy atom. The monoisotopic (exact) mass is 280 g/mol. The van der Waals surface area contributed by atoms with E-state index in [0.717, 1.165) is 6.42 Å². The molecule has 20 heavy (non-hydrogen) atoms. The summed E-state index contributed by atoms with van der Waals surface area (Å²) in [6, 6.07) is 6.34. The summed E-state index contributed by atoms with van der Waals surface area (Å²) in [7, 11) is 0. The number of nitrogens with one attached hydrogen (secondary N) is 2. The van der Waals surface area contributed by atoms with Crippen LogP contribution in [0.5, 0.6) is 5.75 Å². The quantitative estimate of drug-likeness (QED) is 0.456. The molecule has 1 rings (SSSR count). The van der Waals surface area contributed by atoms with E-state index in [9.17, 15) is 9.59 Å². The maximum atomic E-state index is 11.6. The molecule has 0 unspecified atom stereocenters. The van der Waals surface area contributed by atoms with E-state index >= 15 is 0 Å². The molecule has 0 aromatic heterocycles. The average molecular weight is 280 g/mol. The summed E-state index contributed by atoms with van der Waals surface area (Å²) < 4.78 is 10.1. The van der Waals surface area contributed by atoms with Crippen LogP contribution in [0.2, 0.25) is 0 Å². The molecule has 0 spiro atoms. The zero-order valence-corrected chi connectivity index (χ0v) is 11.8. The Labute approximate surface area is 118 Å². The number of carbonyl (C=O) groups is 2. The van der Waals surface area contributed by atoms with Crippen molar-refractivity contribution in [1.82, 2.24) is 5.32 Å². The lowest BCUT2D eigenvalue weighted by molar-refractivity contribution is -0.131. The number of rotatable bonds is 7. The van der Waals surface area contributed by atoms with Gasteiger partial charge in [0.15, 0.2) is 0 Å². The van der Waals surface area contributed by atoms with E-state index in [1.807, 2.05) is 6.92 Å². The van der Waals surface area contributed by atoms with Gasteiger partial charge >= 0.3 is 12.0 Å². The summed E-state index contributed by atoms with van der Waals surface area (Å²) in [4.78, 5) is 22.4. The van der Waals surface area contributed by atoms with Gasteiger partial charge in [0.25, 0.3) is 0 Å². The van der Waals surface area contributed by atoms with Crippen molar-refractivity contribution in [2.24, 2.45) is 0 Å². The smallest absolute Gasteiger partial charge is 0.319 e. The third-order valence-corrected chi connectivity index (χ3v) is 2.31. The molecule has 0 saturated carbocycles. The van der Waals surface area contributed by atoms with Crippen molar-refractivity contribution in [3.63, 3.8) is 0 Å². The van der Waals surface area contributed by atoms with E-state index in [4.69, 9.17) is 9.47 Å². The highest BCUT2D eigenvalue weighted by Gasteiger charge is 2.03. The Kier molecular flexibility index (Phi) is 7.13. The summed E-state index contributed by atoms with van der Waals surface area (Å²) in [5.41, 5.74) is 0.561. The third-order valence-electron chi connectivity index (χ3n) is 2.31. The van der Waals surface area contributed by atoms with Crippen LogP contribution in [0.15, 0.2) is 24.3 Å². The van der Waals surface area contributed by atoms with Crippen LogP contribution in [0.4, 0.5) is 10.5 Å². The predicted molar refractivity (Wildman–Crippen MR) is 75.9 cm³/mol. The minimum atomic E-state index is -0.400. The van der Waals surface area contributed by atoms with Crippen LogP contribution in [-0.2, 0) is 9.53 Å². The van der Waals surface area contributed by atoms with Crippen LogP contribution in [-0.4, -0.2) is 31.8 Å². The van der Waals surface area contributed by atoms with Gasteiger partial charge in [0.05, 0.1) is 0 Å². The Bertz CT molecular complexity index is 449. The summed E-state index contributed by atoms with van der Waals surface area (Å²) in [5, 5.41) is 5.38. The van der Waals surface area contributed by atoms with E-state index in [1.165, 1.54) is 6.92 Å². The fourth-order valence-electron chi connectivity index (χ4n) is 1.50. The van der Waals surface area contributed by atoms with Crippen LogP contribution in [0.3, 0.4) is 0 Å². The van der Waals surface area contributed by atoms with Crippen LogP contribution < -0.4 is 15.4 Å². The van der Waals surface area contributed by atoms with Gasteiger partial charge < -0.3 is 20.1 Å². The van der Waals surface area contributed by atoms with Crippen molar-refractivity contribution in [3.8, 4) is 5.75 Å². The fourth-order valence-corrected chi connectivity index (χ4v) is 1.50. The number of amides is 2. The molecule has 6 heteroatoms. The van der Waals surface area contributed by atoms with Crippen molar-refractivity contribution < 1.29 is 19.1 Å². The molecule has 0 bridgehead atoms. The fraction of sp³-hybridized carbons (Fsp3) is 0.429. The molecule has 0 heterocycles. The summed E-state index contributed by atoms with van der Waals surface area (Å²) in [5.74, 6) is -0.00540. The molecule has 0 atom stereocenters. The van der Waals surface area contributed by atoms with Crippen LogP contribution in [0, 0.1) is 0 Å². The maximum absolute atomic E-state index is 11.6. The first-order chi connectivity index (χ1) is 9.61. The highest BCUT2D eigenvalue weighted by molar-refractivity contribution is 5.89. The molecule has 2 amide bonds. The van der Waals surface area contributed by atoms with Crippen molar-refractivity contribution in [1.29, 1.82) is 0 Å². The zero-order chi connectivity index (χ0) is 14.8. The van der Waals surface area contributed by atoms with Gasteiger partial charge in [0, 0.05) is 38.4 Å². The maximum Gasteiger partial charge on any atom is 0.319 e. The Hall–Kier alpha value is -2.08. The van der Waals surface area contributed by atoms with Crippen molar-refractivity contribution in [3.05, 3.63) is 24.3 Å². The molecule has 0 saturated heterocycles. The van der Waals surface area contributed by atoms with Crippen molar-refractivity contribution in [2.45, 2.75) is 20.3 Å². The van der Waals surface area contributed by atoms with Crippen LogP contribution in [0.25, 0.3) is 0 Å². The zero-order valence-electron chi connectivity index (χ0n) is 11.8. The molecular formula is C14H20N2O4. The SMILES string of the molecule is CCOCCCNC(=O)Nc1cccc(OC(C)=O)c1. The first-order valence-corrected chi connectivity index (χ1v) is 6.53. The normalized spacial score (nSPS) is 9.90.